The van der Waals surface area contributed by atoms with Gasteiger partial charge >= 0.3 is 5.63 Å². The highest BCUT2D eigenvalue weighted by molar-refractivity contribution is 5.96. The molecule has 170 valence electrons. The summed E-state index contributed by atoms with van der Waals surface area (Å²) in [5.41, 5.74) is 0.856. The number of methoxy groups -OCH3 is 2. The number of ether oxygens (including phenoxy) is 5. The Morgan fingerprint density at radius 2 is 1.82 bits per heavy atom. The van der Waals surface area contributed by atoms with Crippen LogP contribution in [0.2, 0.25) is 0 Å². The lowest BCUT2D eigenvalue weighted by Gasteiger charge is -2.20. The monoisotopic (exact) mass is 451 g/mol. The summed E-state index contributed by atoms with van der Waals surface area (Å²) >= 11 is 0. The lowest BCUT2D eigenvalue weighted by atomic mass is 9.88. The first-order valence-corrected chi connectivity index (χ1v) is 10.2. The molecular formula is C24H21NO8. The van der Waals surface area contributed by atoms with Crippen molar-refractivity contribution >= 4 is 11.6 Å². The predicted octanol–water partition coefficient (Wildman–Crippen LogP) is 3.23. The summed E-state index contributed by atoms with van der Waals surface area (Å²) in [5, 5.41) is 2.85. The van der Waals surface area contributed by atoms with Gasteiger partial charge in [0.05, 0.1) is 25.7 Å². The maximum absolute atomic E-state index is 13.3. The normalized spacial score (nSPS) is 17.8. The van der Waals surface area contributed by atoms with Gasteiger partial charge in [-0.1, -0.05) is 0 Å². The topological polar surface area (TPSA) is 105 Å². The summed E-state index contributed by atoms with van der Waals surface area (Å²) in [5.74, 6) is 1.54. The van der Waals surface area contributed by atoms with Crippen LogP contribution in [0.25, 0.3) is 0 Å². The zero-order valence-electron chi connectivity index (χ0n) is 18.2. The summed E-state index contributed by atoms with van der Waals surface area (Å²) in [6.07, 6.45) is -1.03. The van der Waals surface area contributed by atoms with Gasteiger partial charge in [0.15, 0.2) is 17.6 Å². The SMILES string of the molecule is COc1ccc(NC(=O)[C@H]2Oc3cc(C)oc(=O)c3[C@H]2c2cc(OC)c3c(c2)OCO3)cc1. The van der Waals surface area contributed by atoms with Crippen LogP contribution in [-0.2, 0) is 4.79 Å². The first-order chi connectivity index (χ1) is 16.0. The molecule has 5 rings (SSSR count). The molecule has 0 fully saturated rings. The second kappa shape index (κ2) is 8.09. The first-order valence-electron chi connectivity index (χ1n) is 10.2. The molecule has 0 saturated heterocycles. The highest BCUT2D eigenvalue weighted by Crippen LogP contribution is 2.48. The molecule has 0 unspecified atom stereocenters. The van der Waals surface area contributed by atoms with E-state index in [1.165, 1.54) is 7.11 Å². The van der Waals surface area contributed by atoms with Gasteiger partial charge in [0.2, 0.25) is 12.5 Å². The minimum absolute atomic E-state index is 0.0512. The average molecular weight is 451 g/mol. The minimum Gasteiger partial charge on any atom is -0.497 e. The summed E-state index contributed by atoms with van der Waals surface area (Å²) in [6, 6.07) is 11.9. The second-order valence-corrected chi connectivity index (χ2v) is 7.61. The van der Waals surface area contributed by atoms with Gasteiger partial charge in [-0.05, 0) is 48.9 Å². The molecule has 0 bridgehead atoms. The number of nitrogens with one attached hydrogen (secondary N) is 1. The Labute approximate surface area is 188 Å². The molecule has 33 heavy (non-hydrogen) atoms. The van der Waals surface area contributed by atoms with Crippen LogP contribution < -0.4 is 34.6 Å². The standard InChI is InChI=1S/C24H21NO8/c1-12-8-16-20(24(27)32-12)19(13-9-17(29-3)21-18(10-13)30-11-31-21)22(33-16)23(26)25-14-4-6-15(28-2)7-5-14/h4-10,19,22H,11H2,1-3H3,(H,25,26)/t19-,22+/m1/s1. The summed E-state index contributed by atoms with van der Waals surface area (Å²) in [6.45, 7) is 1.70. The number of aryl methyl sites for hydroxylation is 1. The third-order valence-corrected chi connectivity index (χ3v) is 5.60. The van der Waals surface area contributed by atoms with E-state index in [2.05, 4.69) is 5.32 Å². The van der Waals surface area contributed by atoms with Crippen LogP contribution in [0.1, 0.15) is 22.8 Å². The number of benzene rings is 2. The lowest BCUT2D eigenvalue weighted by molar-refractivity contribution is -0.122. The van der Waals surface area contributed by atoms with E-state index in [4.69, 9.17) is 28.1 Å². The fourth-order valence-electron chi connectivity index (χ4n) is 4.09. The number of carbonyl (C=O) groups is 1. The molecule has 1 aromatic heterocycles. The quantitative estimate of drug-likeness (QED) is 0.630. The van der Waals surface area contributed by atoms with E-state index in [0.29, 0.717) is 45.8 Å². The van der Waals surface area contributed by atoms with Crippen LogP contribution in [0.3, 0.4) is 0 Å². The molecule has 2 aromatic carbocycles. The maximum atomic E-state index is 13.3. The Hall–Kier alpha value is -4.14. The molecule has 0 saturated carbocycles. The van der Waals surface area contributed by atoms with Gasteiger partial charge in [-0.15, -0.1) is 0 Å². The fourth-order valence-corrected chi connectivity index (χ4v) is 4.09. The number of amides is 1. The van der Waals surface area contributed by atoms with Crippen molar-refractivity contribution in [2.24, 2.45) is 0 Å². The second-order valence-electron chi connectivity index (χ2n) is 7.61. The number of rotatable bonds is 5. The van der Waals surface area contributed by atoms with Gasteiger partial charge in [-0.2, -0.15) is 0 Å². The molecule has 0 spiro atoms. The smallest absolute Gasteiger partial charge is 0.343 e. The Morgan fingerprint density at radius 3 is 2.55 bits per heavy atom. The number of fused-ring (bicyclic) bond motifs is 2. The van der Waals surface area contributed by atoms with E-state index in [1.807, 2.05) is 0 Å². The van der Waals surface area contributed by atoms with Crippen molar-refractivity contribution in [2.45, 2.75) is 18.9 Å². The molecule has 3 aromatic rings. The van der Waals surface area contributed by atoms with E-state index < -0.39 is 23.6 Å². The summed E-state index contributed by atoms with van der Waals surface area (Å²) < 4.78 is 32.9. The van der Waals surface area contributed by atoms with E-state index in [-0.39, 0.29) is 12.4 Å². The van der Waals surface area contributed by atoms with Crippen molar-refractivity contribution in [3.63, 3.8) is 0 Å². The van der Waals surface area contributed by atoms with E-state index in [1.54, 1.807) is 56.5 Å². The van der Waals surface area contributed by atoms with Crippen LogP contribution in [0.15, 0.2) is 51.7 Å². The van der Waals surface area contributed by atoms with Crippen LogP contribution in [0.5, 0.6) is 28.7 Å². The molecule has 3 heterocycles. The number of anilines is 1. The number of carbonyl (C=O) groups excluding carboxylic acids is 1. The van der Waals surface area contributed by atoms with Crippen molar-refractivity contribution in [3.8, 4) is 28.7 Å². The van der Waals surface area contributed by atoms with Crippen LogP contribution in [0.4, 0.5) is 5.69 Å². The molecule has 0 aliphatic carbocycles. The molecule has 9 heteroatoms. The Morgan fingerprint density at radius 1 is 1.03 bits per heavy atom. The van der Waals surface area contributed by atoms with E-state index in [9.17, 15) is 9.59 Å². The summed E-state index contributed by atoms with van der Waals surface area (Å²) in [7, 11) is 3.07. The van der Waals surface area contributed by atoms with Gasteiger partial charge in [0.1, 0.15) is 17.3 Å². The molecule has 2 atom stereocenters. The summed E-state index contributed by atoms with van der Waals surface area (Å²) in [4.78, 5) is 26.1. The highest BCUT2D eigenvalue weighted by Gasteiger charge is 2.44. The van der Waals surface area contributed by atoms with Crippen LogP contribution in [0, 0.1) is 6.92 Å². The number of hydrogen-bond acceptors (Lipinski definition) is 8. The zero-order chi connectivity index (χ0) is 23.1. The maximum Gasteiger partial charge on any atom is 0.343 e. The van der Waals surface area contributed by atoms with Crippen LogP contribution in [-0.4, -0.2) is 33.0 Å². The average Bonchev–Trinajstić information content (AvgIpc) is 3.43. The third-order valence-electron chi connectivity index (χ3n) is 5.60. The Bertz CT molecular complexity index is 1280. The van der Waals surface area contributed by atoms with Crippen molar-refractivity contribution < 1.29 is 32.9 Å². The van der Waals surface area contributed by atoms with Crippen molar-refractivity contribution in [3.05, 3.63) is 69.8 Å². The molecule has 0 radical (unpaired) electrons. The fraction of sp³-hybridized carbons (Fsp3) is 0.250. The predicted molar refractivity (Wildman–Crippen MR) is 117 cm³/mol. The van der Waals surface area contributed by atoms with Gasteiger partial charge in [-0.25, -0.2) is 4.79 Å². The molecule has 1 amide bonds. The molecule has 9 nitrogen and oxygen atoms in total. The van der Waals surface area contributed by atoms with E-state index >= 15 is 0 Å². The number of hydrogen-bond donors (Lipinski definition) is 1. The van der Waals surface area contributed by atoms with Crippen molar-refractivity contribution in [1.29, 1.82) is 0 Å². The Kier molecular flexibility index (Phi) is 5.08. The molecule has 2 aliphatic rings. The third kappa shape index (κ3) is 3.61. The van der Waals surface area contributed by atoms with Gasteiger partial charge in [-0.3, -0.25) is 4.79 Å². The lowest BCUT2D eigenvalue weighted by Crippen LogP contribution is -2.35. The van der Waals surface area contributed by atoms with Gasteiger partial charge < -0.3 is 33.4 Å². The van der Waals surface area contributed by atoms with E-state index in [0.717, 1.165) is 0 Å². The highest BCUT2D eigenvalue weighted by atomic mass is 16.7. The molecule has 1 N–H and O–H groups in total. The van der Waals surface area contributed by atoms with Crippen molar-refractivity contribution in [2.75, 3.05) is 26.3 Å². The zero-order valence-corrected chi connectivity index (χ0v) is 18.2. The molecule has 2 aliphatic heterocycles. The molecular weight excluding hydrogens is 430 g/mol. The Balaban J connectivity index is 1.56. The van der Waals surface area contributed by atoms with Crippen molar-refractivity contribution in [1.82, 2.24) is 0 Å². The van der Waals surface area contributed by atoms with Gasteiger partial charge in [0.25, 0.3) is 5.91 Å². The van der Waals surface area contributed by atoms with Gasteiger partial charge in [0, 0.05) is 11.8 Å². The minimum atomic E-state index is -1.03. The van der Waals surface area contributed by atoms with Crippen LogP contribution >= 0.6 is 0 Å². The first kappa shape index (κ1) is 20.7. The largest absolute Gasteiger partial charge is 0.497 e.